The summed E-state index contributed by atoms with van der Waals surface area (Å²) in [5.74, 6) is -1.51. The van der Waals surface area contributed by atoms with E-state index in [-0.39, 0.29) is 6.42 Å². The van der Waals surface area contributed by atoms with E-state index in [1.807, 2.05) is 11.9 Å². The summed E-state index contributed by atoms with van der Waals surface area (Å²) in [7, 11) is 1.90. The fourth-order valence-corrected chi connectivity index (χ4v) is 1.06. The van der Waals surface area contributed by atoms with Gasteiger partial charge in [-0.05, 0) is 0 Å². The predicted molar refractivity (Wildman–Crippen MR) is 38.2 cm³/mol. The highest BCUT2D eigenvalue weighted by Gasteiger charge is 2.29. The minimum absolute atomic E-state index is 0.267. The van der Waals surface area contributed by atoms with Gasteiger partial charge in [0.2, 0.25) is 0 Å². The largest absolute Gasteiger partial charge is 0.378 e. The molecule has 1 heterocycles. The smallest absolute Gasteiger partial charge is 0.169 e. The van der Waals surface area contributed by atoms with Crippen LogP contribution in [0.3, 0.4) is 0 Å². The van der Waals surface area contributed by atoms with Crippen molar-refractivity contribution in [3.05, 3.63) is 12.3 Å². The summed E-state index contributed by atoms with van der Waals surface area (Å²) < 4.78 is 0. The molecule has 0 aromatic carbocycles. The van der Waals surface area contributed by atoms with E-state index in [0.717, 1.165) is 5.70 Å². The molecule has 0 atom stereocenters. The van der Waals surface area contributed by atoms with E-state index in [2.05, 4.69) is 6.58 Å². The van der Waals surface area contributed by atoms with Crippen molar-refractivity contribution in [3.63, 3.8) is 0 Å². The highest BCUT2D eigenvalue weighted by atomic mass is 16.5. The Kier molecular flexibility index (Phi) is 1.70. The zero-order valence-electron chi connectivity index (χ0n) is 6.17. The molecule has 1 fully saturated rings. The fourth-order valence-electron chi connectivity index (χ4n) is 1.06. The summed E-state index contributed by atoms with van der Waals surface area (Å²) in [6, 6.07) is 0. The van der Waals surface area contributed by atoms with Gasteiger partial charge in [-0.3, -0.25) is 0 Å². The van der Waals surface area contributed by atoms with Crippen molar-refractivity contribution in [2.24, 2.45) is 0 Å². The molecule has 0 amide bonds. The van der Waals surface area contributed by atoms with Gasteiger partial charge < -0.3 is 15.1 Å². The molecule has 0 aromatic rings. The van der Waals surface area contributed by atoms with Gasteiger partial charge in [0.25, 0.3) is 0 Å². The molecule has 0 spiro atoms. The van der Waals surface area contributed by atoms with Crippen LogP contribution in [0.1, 0.15) is 12.8 Å². The zero-order valence-corrected chi connectivity index (χ0v) is 6.17. The summed E-state index contributed by atoms with van der Waals surface area (Å²) >= 11 is 0. The van der Waals surface area contributed by atoms with Gasteiger partial charge in [-0.15, -0.1) is 0 Å². The molecular formula is C7H13NO2. The van der Waals surface area contributed by atoms with E-state index in [0.29, 0.717) is 13.0 Å². The molecule has 1 saturated heterocycles. The third-order valence-corrected chi connectivity index (χ3v) is 1.87. The second kappa shape index (κ2) is 2.25. The normalized spacial score (nSPS) is 25.1. The predicted octanol–water partition coefficient (Wildman–Crippen LogP) is -0.0934. The van der Waals surface area contributed by atoms with Crippen LogP contribution in [0.25, 0.3) is 0 Å². The second-order valence-corrected chi connectivity index (χ2v) is 2.90. The number of rotatable bonds is 0. The van der Waals surface area contributed by atoms with Gasteiger partial charge in [0, 0.05) is 32.1 Å². The third kappa shape index (κ3) is 1.49. The van der Waals surface area contributed by atoms with E-state index >= 15 is 0 Å². The summed E-state index contributed by atoms with van der Waals surface area (Å²) in [5.41, 5.74) is 0.788. The maximum absolute atomic E-state index is 9.13. The van der Waals surface area contributed by atoms with E-state index in [1.165, 1.54) is 0 Å². The molecule has 0 saturated carbocycles. The maximum Gasteiger partial charge on any atom is 0.169 e. The summed E-state index contributed by atoms with van der Waals surface area (Å²) in [6.07, 6.45) is 0.673. The second-order valence-electron chi connectivity index (χ2n) is 2.90. The van der Waals surface area contributed by atoms with Crippen LogP contribution in [-0.2, 0) is 0 Å². The van der Waals surface area contributed by atoms with Crippen molar-refractivity contribution in [2.45, 2.75) is 18.6 Å². The van der Waals surface area contributed by atoms with Crippen molar-refractivity contribution in [1.82, 2.24) is 4.90 Å². The van der Waals surface area contributed by atoms with Crippen LogP contribution in [0.2, 0.25) is 0 Å². The third-order valence-electron chi connectivity index (χ3n) is 1.87. The Morgan fingerprint density at radius 2 is 2.20 bits per heavy atom. The van der Waals surface area contributed by atoms with Gasteiger partial charge in [-0.2, -0.15) is 0 Å². The van der Waals surface area contributed by atoms with Gasteiger partial charge in [-0.25, -0.2) is 0 Å². The molecule has 1 aliphatic heterocycles. The number of nitrogens with zero attached hydrogens (tertiary/aromatic N) is 1. The van der Waals surface area contributed by atoms with E-state index in [9.17, 15) is 0 Å². The molecule has 3 heteroatoms. The molecule has 0 radical (unpaired) electrons. The lowest BCUT2D eigenvalue weighted by molar-refractivity contribution is -0.177. The molecule has 0 bridgehead atoms. The molecule has 0 unspecified atom stereocenters. The average Bonchev–Trinajstić information content (AvgIpc) is 1.79. The Bertz CT molecular complexity index is 154. The minimum atomic E-state index is -1.51. The van der Waals surface area contributed by atoms with Crippen LogP contribution >= 0.6 is 0 Å². The molecule has 58 valence electrons. The first-order valence-corrected chi connectivity index (χ1v) is 3.35. The fraction of sp³-hybridized carbons (Fsp3) is 0.714. The van der Waals surface area contributed by atoms with Crippen molar-refractivity contribution in [1.29, 1.82) is 0 Å². The number of hydrogen-bond donors (Lipinski definition) is 2. The van der Waals surface area contributed by atoms with Crippen LogP contribution < -0.4 is 0 Å². The van der Waals surface area contributed by atoms with Gasteiger partial charge in [0.1, 0.15) is 0 Å². The lowest BCUT2D eigenvalue weighted by Crippen LogP contribution is -2.40. The molecule has 10 heavy (non-hydrogen) atoms. The first kappa shape index (κ1) is 7.57. The van der Waals surface area contributed by atoms with E-state index in [1.54, 1.807) is 0 Å². The molecule has 0 aliphatic carbocycles. The number of piperidine rings is 1. The van der Waals surface area contributed by atoms with Crippen molar-refractivity contribution in [2.75, 3.05) is 13.6 Å². The summed E-state index contributed by atoms with van der Waals surface area (Å²) in [5, 5.41) is 18.3. The topological polar surface area (TPSA) is 43.7 Å². The molecule has 1 aliphatic rings. The summed E-state index contributed by atoms with van der Waals surface area (Å²) in [4.78, 5) is 1.94. The first-order valence-electron chi connectivity index (χ1n) is 3.35. The number of likely N-dealkylation sites (tertiary alicyclic amines) is 1. The van der Waals surface area contributed by atoms with Crippen LogP contribution in [-0.4, -0.2) is 34.5 Å². The Balaban J connectivity index is 2.57. The first-order chi connectivity index (χ1) is 4.51. The van der Waals surface area contributed by atoms with Crippen LogP contribution in [0, 0.1) is 0 Å². The van der Waals surface area contributed by atoms with Crippen LogP contribution in [0.15, 0.2) is 12.3 Å². The Morgan fingerprint density at radius 3 is 2.60 bits per heavy atom. The molecule has 1 rings (SSSR count). The molecule has 0 aromatic heterocycles. The van der Waals surface area contributed by atoms with Gasteiger partial charge >= 0.3 is 0 Å². The monoisotopic (exact) mass is 143 g/mol. The van der Waals surface area contributed by atoms with E-state index < -0.39 is 5.79 Å². The van der Waals surface area contributed by atoms with Gasteiger partial charge in [0.15, 0.2) is 5.79 Å². The minimum Gasteiger partial charge on any atom is -0.378 e. The average molecular weight is 143 g/mol. The molecular weight excluding hydrogens is 130 g/mol. The lowest BCUT2D eigenvalue weighted by atomic mass is 10.0. The molecule has 3 nitrogen and oxygen atoms in total. The maximum atomic E-state index is 9.13. The summed E-state index contributed by atoms with van der Waals surface area (Å²) in [6.45, 7) is 4.37. The highest BCUT2D eigenvalue weighted by Crippen LogP contribution is 2.24. The van der Waals surface area contributed by atoms with Gasteiger partial charge in [0.05, 0.1) is 0 Å². The SMILES string of the molecule is C=C1CC(O)(O)CCN1C. The highest BCUT2D eigenvalue weighted by molar-refractivity contribution is 5.00. The Hall–Kier alpha value is -0.540. The zero-order chi connectivity index (χ0) is 7.78. The molecule has 2 N–H and O–H groups in total. The van der Waals surface area contributed by atoms with Crippen molar-refractivity contribution < 1.29 is 10.2 Å². The Labute approximate surface area is 60.6 Å². The lowest BCUT2D eigenvalue weighted by Gasteiger charge is -2.35. The van der Waals surface area contributed by atoms with Gasteiger partial charge in [-0.1, -0.05) is 6.58 Å². The van der Waals surface area contributed by atoms with Crippen molar-refractivity contribution >= 4 is 0 Å². The Morgan fingerprint density at radius 1 is 1.60 bits per heavy atom. The number of hydrogen-bond acceptors (Lipinski definition) is 3. The van der Waals surface area contributed by atoms with Crippen molar-refractivity contribution in [3.8, 4) is 0 Å². The quantitative estimate of drug-likeness (QED) is 0.466. The number of aliphatic hydroxyl groups is 2. The van der Waals surface area contributed by atoms with Crippen LogP contribution in [0.4, 0.5) is 0 Å². The van der Waals surface area contributed by atoms with E-state index in [4.69, 9.17) is 10.2 Å². The van der Waals surface area contributed by atoms with Crippen LogP contribution in [0.5, 0.6) is 0 Å². The standard InChI is InChI=1S/C7H13NO2/c1-6-5-7(9,10)3-4-8(6)2/h9-10H,1,3-5H2,2H3.